The Labute approximate surface area is 109 Å². The third kappa shape index (κ3) is 3.10. The maximum atomic E-state index is 9.37. The highest BCUT2D eigenvalue weighted by atomic mass is 15.2. The van der Waals surface area contributed by atoms with Gasteiger partial charge in [0.25, 0.3) is 0 Å². The van der Waals surface area contributed by atoms with Gasteiger partial charge in [0.15, 0.2) is 0 Å². The van der Waals surface area contributed by atoms with Gasteiger partial charge in [-0.25, -0.2) is 0 Å². The van der Waals surface area contributed by atoms with E-state index in [0.29, 0.717) is 6.04 Å². The van der Waals surface area contributed by atoms with Crippen LogP contribution >= 0.6 is 0 Å². The van der Waals surface area contributed by atoms with Crippen LogP contribution in [0.4, 0.5) is 0 Å². The molecular formula is C15H21N3. The lowest BCUT2D eigenvalue weighted by atomic mass is 9.99. The molecule has 0 spiro atoms. The van der Waals surface area contributed by atoms with Crippen molar-refractivity contribution in [3.63, 3.8) is 0 Å². The lowest BCUT2D eigenvalue weighted by Gasteiger charge is -2.28. The predicted octanol–water partition coefficient (Wildman–Crippen LogP) is 1.98. The fourth-order valence-corrected chi connectivity index (χ4v) is 2.63. The van der Waals surface area contributed by atoms with Crippen LogP contribution in [0.15, 0.2) is 30.3 Å². The van der Waals surface area contributed by atoms with Gasteiger partial charge in [-0.2, -0.15) is 5.26 Å². The van der Waals surface area contributed by atoms with Crippen molar-refractivity contribution < 1.29 is 0 Å². The molecule has 1 fully saturated rings. The van der Waals surface area contributed by atoms with Gasteiger partial charge in [0.2, 0.25) is 0 Å². The summed E-state index contributed by atoms with van der Waals surface area (Å²) in [6, 6.07) is 13.1. The first-order valence-electron chi connectivity index (χ1n) is 6.74. The Morgan fingerprint density at radius 2 is 2.22 bits per heavy atom. The zero-order chi connectivity index (χ0) is 12.8. The van der Waals surface area contributed by atoms with Crippen LogP contribution in [0, 0.1) is 11.3 Å². The van der Waals surface area contributed by atoms with E-state index in [-0.39, 0.29) is 5.92 Å². The van der Waals surface area contributed by atoms with E-state index in [9.17, 15) is 5.26 Å². The topological polar surface area (TPSA) is 39.1 Å². The molecular weight excluding hydrogens is 222 g/mol. The van der Waals surface area contributed by atoms with E-state index in [4.69, 9.17) is 0 Å². The molecule has 3 heteroatoms. The zero-order valence-electron chi connectivity index (χ0n) is 11.0. The van der Waals surface area contributed by atoms with Crippen LogP contribution in [-0.2, 0) is 0 Å². The molecule has 1 aromatic carbocycles. The molecule has 0 saturated carbocycles. The minimum Gasteiger partial charge on any atom is -0.315 e. The molecule has 2 atom stereocenters. The molecule has 1 aromatic rings. The Morgan fingerprint density at radius 3 is 2.78 bits per heavy atom. The summed E-state index contributed by atoms with van der Waals surface area (Å²) in [5.41, 5.74) is 1.13. The van der Waals surface area contributed by atoms with Gasteiger partial charge in [0, 0.05) is 19.1 Å². The fraction of sp³-hybridized carbons (Fsp3) is 0.533. The van der Waals surface area contributed by atoms with Crippen molar-refractivity contribution in [3.8, 4) is 6.07 Å². The zero-order valence-corrected chi connectivity index (χ0v) is 11.0. The predicted molar refractivity (Wildman–Crippen MR) is 73.3 cm³/mol. The van der Waals surface area contributed by atoms with Gasteiger partial charge < -0.3 is 5.32 Å². The summed E-state index contributed by atoms with van der Waals surface area (Å²) in [6.07, 6.45) is 1.20. The van der Waals surface area contributed by atoms with E-state index in [1.807, 2.05) is 18.2 Å². The lowest BCUT2D eigenvalue weighted by molar-refractivity contribution is 0.215. The fourth-order valence-electron chi connectivity index (χ4n) is 2.63. The average Bonchev–Trinajstić information content (AvgIpc) is 2.95. The normalized spacial score (nSPS) is 20.8. The van der Waals surface area contributed by atoms with Crippen molar-refractivity contribution in [1.29, 1.82) is 5.26 Å². The summed E-state index contributed by atoms with van der Waals surface area (Å²) in [5, 5.41) is 12.8. The van der Waals surface area contributed by atoms with E-state index >= 15 is 0 Å². The van der Waals surface area contributed by atoms with E-state index in [0.717, 1.165) is 31.7 Å². The van der Waals surface area contributed by atoms with Gasteiger partial charge in [-0.15, -0.1) is 0 Å². The molecule has 18 heavy (non-hydrogen) atoms. The van der Waals surface area contributed by atoms with Crippen molar-refractivity contribution >= 4 is 0 Å². The van der Waals surface area contributed by atoms with Crippen LogP contribution in [0.2, 0.25) is 0 Å². The molecule has 1 aliphatic heterocycles. The van der Waals surface area contributed by atoms with Gasteiger partial charge in [0.1, 0.15) is 0 Å². The van der Waals surface area contributed by atoms with E-state index in [1.54, 1.807) is 0 Å². The molecule has 0 aliphatic carbocycles. The minimum atomic E-state index is -0.0215. The van der Waals surface area contributed by atoms with Crippen LogP contribution in [-0.4, -0.2) is 37.1 Å². The highest BCUT2D eigenvalue weighted by molar-refractivity contribution is 5.25. The number of hydrogen-bond acceptors (Lipinski definition) is 3. The Balaban J connectivity index is 2.03. The minimum absolute atomic E-state index is 0.0215. The third-order valence-corrected chi connectivity index (χ3v) is 3.73. The number of nitrogens with zero attached hydrogens (tertiary/aromatic N) is 2. The third-order valence-electron chi connectivity index (χ3n) is 3.73. The quantitative estimate of drug-likeness (QED) is 0.859. The number of nitriles is 1. The van der Waals surface area contributed by atoms with Crippen LogP contribution < -0.4 is 5.32 Å². The average molecular weight is 243 g/mol. The molecule has 0 radical (unpaired) electrons. The molecule has 2 unspecified atom stereocenters. The van der Waals surface area contributed by atoms with E-state index in [2.05, 4.69) is 35.3 Å². The number of hydrogen-bond donors (Lipinski definition) is 1. The second-order valence-electron chi connectivity index (χ2n) is 4.83. The molecule has 1 aliphatic rings. The smallest absolute Gasteiger partial charge is 0.0839 e. The highest BCUT2D eigenvalue weighted by Gasteiger charge is 2.24. The molecule has 0 amide bonds. The largest absolute Gasteiger partial charge is 0.315 e. The Hall–Kier alpha value is -1.37. The summed E-state index contributed by atoms with van der Waals surface area (Å²) in [6.45, 7) is 6.18. The monoisotopic (exact) mass is 243 g/mol. The van der Waals surface area contributed by atoms with Crippen LogP contribution in [0.5, 0.6) is 0 Å². The number of rotatable bonds is 5. The summed E-state index contributed by atoms with van der Waals surface area (Å²) in [5.74, 6) is -0.0215. The first-order valence-corrected chi connectivity index (χ1v) is 6.74. The second-order valence-corrected chi connectivity index (χ2v) is 4.83. The molecule has 1 heterocycles. The van der Waals surface area contributed by atoms with Crippen molar-refractivity contribution in [1.82, 2.24) is 10.2 Å². The van der Waals surface area contributed by atoms with Gasteiger partial charge in [0.05, 0.1) is 12.0 Å². The Morgan fingerprint density at radius 1 is 1.44 bits per heavy atom. The lowest BCUT2D eigenvalue weighted by Crippen LogP contribution is -2.39. The number of benzene rings is 1. The van der Waals surface area contributed by atoms with Crippen molar-refractivity contribution in [2.75, 3.05) is 26.2 Å². The maximum Gasteiger partial charge on any atom is 0.0839 e. The van der Waals surface area contributed by atoms with Crippen LogP contribution in [0.3, 0.4) is 0 Å². The molecule has 2 rings (SSSR count). The van der Waals surface area contributed by atoms with E-state index in [1.165, 1.54) is 6.42 Å². The van der Waals surface area contributed by atoms with Crippen molar-refractivity contribution in [3.05, 3.63) is 35.9 Å². The second kappa shape index (κ2) is 6.53. The molecule has 0 aromatic heterocycles. The number of likely N-dealkylation sites (N-methyl/N-ethyl adjacent to an activating group) is 1. The summed E-state index contributed by atoms with van der Waals surface area (Å²) in [7, 11) is 0. The Kier molecular flexibility index (Phi) is 4.74. The summed E-state index contributed by atoms with van der Waals surface area (Å²) >= 11 is 0. The van der Waals surface area contributed by atoms with Gasteiger partial charge in [-0.1, -0.05) is 37.3 Å². The number of nitrogens with one attached hydrogen (secondary N) is 1. The van der Waals surface area contributed by atoms with Crippen LogP contribution in [0.25, 0.3) is 0 Å². The van der Waals surface area contributed by atoms with Crippen molar-refractivity contribution in [2.45, 2.75) is 25.3 Å². The molecule has 1 N–H and O–H groups in total. The summed E-state index contributed by atoms with van der Waals surface area (Å²) in [4.78, 5) is 2.43. The SMILES string of the molecule is CCN(CC(C#N)c1ccccc1)C1CCNC1. The Bertz CT molecular complexity index is 390. The molecule has 0 bridgehead atoms. The first-order chi connectivity index (χ1) is 8.85. The van der Waals surface area contributed by atoms with E-state index < -0.39 is 0 Å². The van der Waals surface area contributed by atoms with Gasteiger partial charge >= 0.3 is 0 Å². The maximum absolute atomic E-state index is 9.37. The van der Waals surface area contributed by atoms with Gasteiger partial charge in [-0.05, 0) is 25.1 Å². The molecule has 1 saturated heterocycles. The van der Waals surface area contributed by atoms with Gasteiger partial charge in [-0.3, -0.25) is 4.90 Å². The highest BCUT2D eigenvalue weighted by Crippen LogP contribution is 2.19. The van der Waals surface area contributed by atoms with Crippen LogP contribution in [0.1, 0.15) is 24.8 Å². The standard InChI is InChI=1S/C15H21N3/c1-2-18(15-8-9-17-11-15)12-14(10-16)13-6-4-3-5-7-13/h3-7,14-15,17H,2,8-9,11-12H2,1H3. The summed E-state index contributed by atoms with van der Waals surface area (Å²) < 4.78 is 0. The first kappa shape index (κ1) is 13.1. The molecule has 96 valence electrons. The van der Waals surface area contributed by atoms with Crippen molar-refractivity contribution in [2.24, 2.45) is 0 Å². The molecule has 3 nitrogen and oxygen atoms in total.